The third-order valence-corrected chi connectivity index (χ3v) is 8.15. The van der Waals surface area contributed by atoms with Gasteiger partial charge in [-0.3, -0.25) is 9.59 Å². The van der Waals surface area contributed by atoms with Gasteiger partial charge in [0.2, 0.25) is 5.91 Å². The summed E-state index contributed by atoms with van der Waals surface area (Å²) in [6, 6.07) is 10.1. The lowest BCUT2D eigenvalue weighted by Crippen LogP contribution is -2.56. The maximum absolute atomic E-state index is 12.8. The lowest BCUT2D eigenvalue weighted by Gasteiger charge is -2.53. The molecule has 0 bridgehead atoms. The van der Waals surface area contributed by atoms with E-state index in [1.807, 2.05) is 31.2 Å². The van der Waals surface area contributed by atoms with Crippen molar-refractivity contribution in [1.29, 1.82) is 0 Å². The maximum Gasteiger partial charge on any atom is 0.308 e. The van der Waals surface area contributed by atoms with Gasteiger partial charge in [0.1, 0.15) is 11.5 Å². The lowest BCUT2D eigenvalue weighted by atomic mass is 9.58. The highest BCUT2D eigenvalue weighted by molar-refractivity contribution is 5.92. The van der Waals surface area contributed by atoms with Gasteiger partial charge in [-0.25, -0.2) is 0 Å². The highest BCUT2D eigenvalue weighted by Gasteiger charge is 2.48. The van der Waals surface area contributed by atoms with E-state index in [4.69, 9.17) is 9.15 Å². The fourth-order valence-electron chi connectivity index (χ4n) is 6.19. The second-order valence-corrected chi connectivity index (χ2v) is 10.7. The zero-order valence-corrected chi connectivity index (χ0v) is 20.8. The van der Waals surface area contributed by atoms with E-state index in [0.29, 0.717) is 11.7 Å². The molecule has 0 spiro atoms. The number of hydrogen-bond donors (Lipinski definition) is 1. The van der Waals surface area contributed by atoms with Crippen molar-refractivity contribution in [2.45, 2.75) is 63.8 Å². The first-order valence-electron chi connectivity index (χ1n) is 13.0. The van der Waals surface area contributed by atoms with Gasteiger partial charge in [-0.1, -0.05) is 12.1 Å². The van der Waals surface area contributed by atoms with Crippen molar-refractivity contribution in [1.82, 2.24) is 10.2 Å². The molecule has 35 heavy (non-hydrogen) atoms. The molecular formula is C29H36N2O4. The van der Waals surface area contributed by atoms with E-state index in [2.05, 4.69) is 22.3 Å². The molecule has 3 fully saturated rings. The Hall–Kier alpha value is -2.86. The van der Waals surface area contributed by atoms with Gasteiger partial charge < -0.3 is 19.4 Å². The lowest BCUT2D eigenvalue weighted by molar-refractivity contribution is -0.131. The predicted octanol–water partition coefficient (Wildman–Crippen LogP) is 4.87. The number of hydrogen-bond acceptors (Lipinski definition) is 5. The standard InChI is InChI=1S/C29H36N2O4/c1-20-23(12-15-34-20)8-11-28(33)30-26-10-9-25-19-31(18-22-6-7-22)14-13-29(25,17-26)24-4-3-5-27(16-24)35-21(2)32/h3-5,8,11-12,15-16,22,25-26H,6-7,9-10,13-14,17-19H2,1-2H3,(H,30,33)/b11-8+/t25-,26+,29+/m1/s1. The van der Waals surface area contributed by atoms with Gasteiger partial charge in [0.05, 0.1) is 6.26 Å². The van der Waals surface area contributed by atoms with Gasteiger partial charge in [0.15, 0.2) is 0 Å². The summed E-state index contributed by atoms with van der Waals surface area (Å²) in [6.07, 6.45) is 11.8. The number of carbonyl (C=O) groups excluding carboxylic acids is 2. The number of amides is 1. The highest BCUT2D eigenvalue weighted by atomic mass is 16.5. The molecule has 1 amide bonds. The molecule has 1 aromatic heterocycles. The van der Waals surface area contributed by atoms with E-state index >= 15 is 0 Å². The first kappa shape index (κ1) is 23.9. The van der Waals surface area contributed by atoms with Crippen LogP contribution in [0.5, 0.6) is 5.75 Å². The maximum atomic E-state index is 12.8. The van der Waals surface area contributed by atoms with Crippen LogP contribution in [-0.2, 0) is 15.0 Å². The number of nitrogens with one attached hydrogen (secondary N) is 1. The van der Waals surface area contributed by atoms with Crippen LogP contribution in [0.4, 0.5) is 0 Å². The van der Waals surface area contributed by atoms with Crippen molar-refractivity contribution < 1.29 is 18.7 Å². The summed E-state index contributed by atoms with van der Waals surface area (Å²) in [6.45, 7) is 6.73. The summed E-state index contributed by atoms with van der Waals surface area (Å²) in [7, 11) is 0. The summed E-state index contributed by atoms with van der Waals surface area (Å²) in [5.41, 5.74) is 2.12. The number of rotatable bonds is 7. The Bertz CT molecular complexity index is 1100. The molecule has 0 radical (unpaired) electrons. The summed E-state index contributed by atoms with van der Waals surface area (Å²) >= 11 is 0. The smallest absolute Gasteiger partial charge is 0.308 e. The molecule has 186 valence electrons. The Morgan fingerprint density at radius 2 is 2.09 bits per heavy atom. The van der Waals surface area contributed by atoms with E-state index in [1.54, 1.807) is 12.3 Å². The fourth-order valence-corrected chi connectivity index (χ4v) is 6.19. The van der Waals surface area contributed by atoms with Crippen molar-refractivity contribution in [2.24, 2.45) is 11.8 Å². The Balaban J connectivity index is 1.34. The molecule has 1 N–H and O–H groups in total. The number of furan rings is 1. The monoisotopic (exact) mass is 476 g/mol. The molecule has 1 aliphatic heterocycles. The summed E-state index contributed by atoms with van der Waals surface area (Å²) in [5, 5.41) is 3.27. The van der Waals surface area contributed by atoms with Gasteiger partial charge in [-0.05, 0) is 93.7 Å². The molecule has 2 heterocycles. The van der Waals surface area contributed by atoms with Crippen molar-refractivity contribution in [2.75, 3.05) is 19.6 Å². The minimum Gasteiger partial charge on any atom is -0.469 e. The number of ether oxygens (including phenoxy) is 1. The summed E-state index contributed by atoms with van der Waals surface area (Å²) in [4.78, 5) is 27.0. The average molecular weight is 477 g/mol. The van der Waals surface area contributed by atoms with Crippen molar-refractivity contribution in [3.05, 3.63) is 59.6 Å². The minimum absolute atomic E-state index is 0.0305. The number of likely N-dealkylation sites (tertiary alicyclic amines) is 1. The number of benzene rings is 1. The normalized spacial score (nSPS) is 26.9. The summed E-state index contributed by atoms with van der Waals surface area (Å²) in [5.74, 6) is 2.45. The molecule has 5 rings (SSSR count). The molecule has 0 unspecified atom stereocenters. The van der Waals surface area contributed by atoms with Gasteiger partial charge in [-0.15, -0.1) is 0 Å². The van der Waals surface area contributed by atoms with Crippen molar-refractivity contribution in [3.8, 4) is 5.75 Å². The summed E-state index contributed by atoms with van der Waals surface area (Å²) < 4.78 is 10.8. The third kappa shape index (κ3) is 5.53. The third-order valence-electron chi connectivity index (χ3n) is 8.15. The number of aryl methyl sites for hydroxylation is 1. The van der Waals surface area contributed by atoms with Crippen LogP contribution in [0, 0.1) is 18.8 Å². The van der Waals surface area contributed by atoms with Crippen molar-refractivity contribution >= 4 is 18.0 Å². The van der Waals surface area contributed by atoms with Crippen LogP contribution < -0.4 is 10.1 Å². The largest absolute Gasteiger partial charge is 0.469 e. The van der Waals surface area contributed by atoms with Gasteiger partial charge in [-0.2, -0.15) is 0 Å². The molecule has 2 aromatic rings. The zero-order valence-electron chi connectivity index (χ0n) is 20.8. The van der Waals surface area contributed by atoms with Crippen molar-refractivity contribution in [3.63, 3.8) is 0 Å². The average Bonchev–Trinajstić information content (AvgIpc) is 3.55. The first-order valence-corrected chi connectivity index (χ1v) is 13.0. The van der Waals surface area contributed by atoms with Crippen LogP contribution in [0.25, 0.3) is 6.08 Å². The number of carbonyl (C=O) groups is 2. The Morgan fingerprint density at radius 1 is 1.23 bits per heavy atom. The van der Waals surface area contributed by atoms with Crippen LogP contribution in [0.15, 0.2) is 47.1 Å². The van der Waals surface area contributed by atoms with Crippen LogP contribution >= 0.6 is 0 Å². The molecule has 3 aliphatic rings. The first-order chi connectivity index (χ1) is 16.9. The second-order valence-electron chi connectivity index (χ2n) is 10.7. The number of nitrogens with zero attached hydrogens (tertiary/aromatic N) is 1. The SMILES string of the molecule is CC(=O)Oc1cccc([C@@]23CCN(CC4CC4)C[C@H]2CC[C@H](NC(=O)/C=C/c2ccoc2C)C3)c1. The highest BCUT2D eigenvalue weighted by Crippen LogP contribution is 2.50. The topological polar surface area (TPSA) is 71.8 Å². The molecule has 2 saturated carbocycles. The van der Waals surface area contributed by atoms with E-state index in [9.17, 15) is 9.59 Å². The van der Waals surface area contributed by atoms with Crippen LogP contribution in [-0.4, -0.2) is 42.5 Å². The predicted molar refractivity (Wildman–Crippen MR) is 135 cm³/mol. The molecule has 1 saturated heterocycles. The fraction of sp³-hybridized carbons (Fsp3) is 0.517. The van der Waals surface area contributed by atoms with E-state index in [1.165, 1.54) is 31.9 Å². The van der Waals surface area contributed by atoms with Gasteiger partial charge >= 0.3 is 5.97 Å². The molecular weight excluding hydrogens is 440 g/mol. The molecule has 6 nitrogen and oxygen atoms in total. The Kier molecular flexibility index (Phi) is 6.83. The second kappa shape index (κ2) is 10.0. The number of esters is 1. The number of piperidine rings is 1. The zero-order chi connectivity index (χ0) is 24.4. The Labute approximate surface area is 207 Å². The van der Waals surface area contributed by atoms with Crippen LogP contribution in [0.3, 0.4) is 0 Å². The molecule has 2 aliphatic carbocycles. The van der Waals surface area contributed by atoms with Crippen LogP contribution in [0.2, 0.25) is 0 Å². The minimum atomic E-state index is -0.302. The molecule has 3 atom stereocenters. The van der Waals surface area contributed by atoms with E-state index < -0.39 is 0 Å². The molecule has 1 aromatic carbocycles. The quantitative estimate of drug-likeness (QED) is 0.351. The Morgan fingerprint density at radius 3 is 2.83 bits per heavy atom. The van der Waals surface area contributed by atoms with E-state index in [-0.39, 0.29) is 23.3 Å². The van der Waals surface area contributed by atoms with Crippen LogP contribution in [0.1, 0.15) is 62.3 Å². The van der Waals surface area contributed by atoms with Gasteiger partial charge in [0, 0.05) is 43.1 Å². The molecule has 6 heteroatoms. The number of fused-ring (bicyclic) bond motifs is 1. The van der Waals surface area contributed by atoms with Gasteiger partial charge in [0.25, 0.3) is 0 Å². The van der Waals surface area contributed by atoms with E-state index in [0.717, 1.165) is 56.0 Å².